The summed E-state index contributed by atoms with van der Waals surface area (Å²) in [5.74, 6) is -0.372. The Balaban J connectivity index is 2.56. The Morgan fingerprint density at radius 2 is 1.81 bits per heavy atom. The van der Waals surface area contributed by atoms with Crippen molar-refractivity contribution >= 4 is 23.5 Å². The van der Waals surface area contributed by atoms with Crippen molar-refractivity contribution in [2.45, 2.75) is 20.0 Å². The van der Waals surface area contributed by atoms with E-state index >= 15 is 0 Å². The Morgan fingerprint density at radius 3 is 2.33 bits per heavy atom. The number of carbonyl (C=O) groups is 2. The van der Waals surface area contributed by atoms with Crippen LogP contribution < -0.4 is 4.74 Å². The fourth-order valence-electron chi connectivity index (χ4n) is 1.85. The number of rotatable bonds is 6. The van der Waals surface area contributed by atoms with Gasteiger partial charge in [0.2, 0.25) is 0 Å². The Hall–Kier alpha value is -1.75. The molecule has 0 fully saturated rings. The summed E-state index contributed by atoms with van der Waals surface area (Å²) in [5.41, 5.74) is 0. The van der Waals surface area contributed by atoms with Gasteiger partial charge in [-0.3, -0.25) is 9.59 Å². The van der Waals surface area contributed by atoms with E-state index in [1.807, 2.05) is 0 Å². The molecule has 1 aromatic carbocycles. The molecule has 0 heterocycles. The molecule has 1 aromatic rings. The lowest BCUT2D eigenvalue weighted by Crippen LogP contribution is -2.41. The average Bonchev–Trinajstić information content (AvgIpc) is 2.47. The van der Waals surface area contributed by atoms with Crippen LogP contribution in [0.3, 0.4) is 0 Å². The SMILES string of the molecule is COC(=O)C(C)CN(C)C(=O)C(C)Oc1ccc(Cl)cc1. The molecule has 2 atom stereocenters. The number of hydrogen-bond donors (Lipinski definition) is 0. The zero-order chi connectivity index (χ0) is 16.0. The normalized spacial score (nSPS) is 13.2. The number of benzene rings is 1. The third-order valence-corrected chi connectivity index (χ3v) is 3.25. The molecule has 0 bridgehead atoms. The van der Waals surface area contributed by atoms with Gasteiger partial charge in [-0.2, -0.15) is 0 Å². The minimum absolute atomic E-state index is 0.208. The topological polar surface area (TPSA) is 55.8 Å². The van der Waals surface area contributed by atoms with E-state index in [2.05, 4.69) is 4.74 Å². The standard InChI is InChI=1S/C15H20ClNO4/c1-10(15(19)20-4)9-17(3)14(18)11(2)21-13-7-5-12(16)6-8-13/h5-8,10-11H,9H2,1-4H3. The van der Waals surface area contributed by atoms with Gasteiger partial charge in [-0.15, -0.1) is 0 Å². The summed E-state index contributed by atoms with van der Waals surface area (Å²) in [6.07, 6.45) is -0.652. The molecule has 6 heteroatoms. The van der Waals surface area contributed by atoms with Crippen molar-refractivity contribution in [3.05, 3.63) is 29.3 Å². The maximum atomic E-state index is 12.2. The van der Waals surface area contributed by atoms with Crippen molar-refractivity contribution in [3.8, 4) is 5.75 Å². The van der Waals surface area contributed by atoms with Gasteiger partial charge in [-0.25, -0.2) is 0 Å². The van der Waals surface area contributed by atoms with Gasteiger partial charge >= 0.3 is 5.97 Å². The van der Waals surface area contributed by atoms with Crippen LogP contribution in [-0.4, -0.2) is 43.6 Å². The number of amides is 1. The van der Waals surface area contributed by atoms with E-state index in [0.717, 1.165) is 0 Å². The first-order valence-electron chi connectivity index (χ1n) is 6.60. The van der Waals surface area contributed by atoms with Crippen molar-refractivity contribution in [2.24, 2.45) is 5.92 Å². The highest BCUT2D eigenvalue weighted by Gasteiger charge is 2.23. The molecule has 1 amide bonds. The summed E-state index contributed by atoms with van der Waals surface area (Å²) >= 11 is 5.79. The monoisotopic (exact) mass is 313 g/mol. The smallest absolute Gasteiger partial charge is 0.310 e. The van der Waals surface area contributed by atoms with Crippen LogP contribution in [0, 0.1) is 5.92 Å². The molecule has 0 spiro atoms. The minimum Gasteiger partial charge on any atom is -0.481 e. The Morgan fingerprint density at radius 1 is 1.24 bits per heavy atom. The van der Waals surface area contributed by atoms with Gasteiger partial charge in [0.1, 0.15) is 5.75 Å². The fraction of sp³-hybridized carbons (Fsp3) is 0.467. The molecule has 0 saturated heterocycles. The van der Waals surface area contributed by atoms with Crippen LogP contribution >= 0.6 is 11.6 Å². The number of ether oxygens (including phenoxy) is 2. The van der Waals surface area contributed by atoms with E-state index in [1.54, 1.807) is 45.2 Å². The molecule has 0 aliphatic rings. The van der Waals surface area contributed by atoms with Crippen molar-refractivity contribution in [3.63, 3.8) is 0 Å². The van der Waals surface area contributed by atoms with Crippen LogP contribution in [0.1, 0.15) is 13.8 Å². The van der Waals surface area contributed by atoms with Gasteiger partial charge in [-0.1, -0.05) is 18.5 Å². The van der Waals surface area contributed by atoms with Crippen LogP contribution in [0.15, 0.2) is 24.3 Å². The number of likely N-dealkylation sites (N-methyl/N-ethyl adjacent to an activating group) is 1. The van der Waals surface area contributed by atoms with E-state index in [9.17, 15) is 9.59 Å². The zero-order valence-electron chi connectivity index (χ0n) is 12.6. The predicted octanol–water partition coefficient (Wildman–Crippen LogP) is 2.37. The maximum Gasteiger partial charge on any atom is 0.310 e. The van der Waals surface area contributed by atoms with Crippen molar-refractivity contribution < 1.29 is 19.1 Å². The summed E-state index contributed by atoms with van der Waals surface area (Å²) < 4.78 is 10.2. The average molecular weight is 314 g/mol. The van der Waals surface area contributed by atoms with Crippen molar-refractivity contribution in [2.75, 3.05) is 20.7 Å². The van der Waals surface area contributed by atoms with E-state index in [1.165, 1.54) is 12.0 Å². The molecular formula is C15H20ClNO4. The largest absolute Gasteiger partial charge is 0.481 e. The van der Waals surface area contributed by atoms with Crippen LogP contribution in [-0.2, 0) is 14.3 Å². The lowest BCUT2D eigenvalue weighted by molar-refractivity contribution is -0.147. The van der Waals surface area contributed by atoms with Crippen LogP contribution in [0.5, 0.6) is 5.75 Å². The van der Waals surface area contributed by atoms with Gasteiger partial charge in [0.25, 0.3) is 5.91 Å². The highest BCUT2D eigenvalue weighted by atomic mass is 35.5. The van der Waals surface area contributed by atoms with Gasteiger partial charge in [0.05, 0.1) is 13.0 Å². The number of methoxy groups -OCH3 is 1. The third-order valence-electron chi connectivity index (χ3n) is 3.00. The zero-order valence-corrected chi connectivity index (χ0v) is 13.4. The molecule has 21 heavy (non-hydrogen) atoms. The molecule has 0 aromatic heterocycles. The number of nitrogens with zero attached hydrogens (tertiary/aromatic N) is 1. The molecular weight excluding hydrogens is 294 g/mol. The lowest BCUT2D eigenvalue weighted by Gasteiger charge is -2.24. The molecule has 116 valence electrons. The minimum atomic E-state index is -0.652. The molecule has 0 aliphatic carbocycles. The van der Waals surface area contributed by atoms with Crippen LogP contribution in [0.25, 0.3) is 0 Å². The number of halogens is 1. The molecule has 5 nitrogen and oxygen atoms in total. The highest BCUT2D eigenvalue weighted by molar-refractivity contribution is 6.30. The molecule has 0 radical (unpaired) electrons. The molecule has 0 saturated carbocycles. The second-order valence-corrected chi connectivity index (χ2v) is 5.29. The Labute approximate surface area is 129 Å². The third kappa shape index (κ3) is 5.27. The van der Waals surface area contributed by atoms with E-state index in [4.69, 9.17) is 16.3 Å². The van der Waals surface area contributed by atoms with Crippen LogP contribution in [0.4, 0.5) is 0 Å². The summed E-state index contributed by atoms with van der Waals surface area (Å²) in [7, 11) is 2.95. The van der Waals surface area contributed by atoms with Crippen molar-refractivity contribution in [1.82, 2.24) is 4.90 Å². The van der Waals surface area contributed by atoms with E-state index in [0.29, 0.717) is 10.8 Å². The summed E-state index contributed by atoms with van der Waals surface area (Å²) in [6, 6.07) is 6.78. The first kappa shape index (κ1) is 17.3. The van der Waals surface area contributed by atoms with E-state index in [-0.39, 0.29) is 24.3 Å². The molecule has 0 aliphatic heterocycles. The maximum absolute atomic E-state index is 12.2. The fourth-order valence-corrected chi connectivity index (χ4v) is 1.98. The summed E-state index contributed by atoms with van der Waals surface area (Å²) in [5, 5.41) is 0.602. The highest BCUT2D eigenvalue weighted by Crippen LogP contribution is 2.17. The van der Waals surface area contributed by atoms with Crippen LogP contribution in [0.2, 0.25) is 5.02 Å². The van der Waals surface area contributed by atoms with Gasteiger partial charge in [-0.05, 0) is 31.2 Å². The first-order valence-corrected chi connectivity index (χ1v) is 6.98. The second-order valence-electron chi connectivity index (χ2n) is 4.86. The summed E-state index contributed by atoms with van der Waals surface area (Å²) in [4.78, 5) is 25.0. The Bertz CT molecular complexity index is 489. The van der Waals surface area contributed by atoms with E-state index < -0.39 is 6.10 Å². The Kier molecular flexibility index (Phi) is 6.49. The quantitative estimate of drug-likeness (QED) is 0.757. The number of hydrogen-bond acceptors (Lipinski definition) is 4. The lowest BCUT2D eigenvalue weighted by atomic mass is 10.1. The van der Waals surface area contributed by atoms with Crippen molar-refractivity contribution in [1.29, 1.82) is 0 Å². The predicted molar refractivity (Wildman–Crippen MR) is 80.4 cm³/mol. The number of esters is 1. The number of carbonyl (C=O) groups excluding carboxylic acids is 2. The molecule has 0 N–H and O–H groups in total. The first-order chi connectivity index (χ1) is 9.85. The van der Waals surface area contributed by atoms with Gasteiger partial charge < -0.3 is 14.4 Å². The molecule has 1 rings (SSSR count). The second kappa shape index (κ2) is 7.88. The van der Waals surface area contributed by atoms with Gasteiger partial charge in [0.15, 0.2) is 6.10 Å². The molecule has 2 unspecified atom stereocenters. The summed E-state index contributed by atoms with van der Waals surface area (Å²) in [6.45, 7) is 3.65. The van der Waals surface area contributed by atoms with Gasteiger partial charge in [0, 0.05) is 18.6 Å².